The number of anilines is 1. The first-order valence-corrected chi connectivity index (χ1v) is 6.83. The molecule has 1 aromatic rings. The molecular weight excluding hydrogens is 274 g/mol. The molecule has 21 heavy (non-hydrogen) atoms. The van der Waals surface area contributed by atoms with E-state index >= 15 is 0 Å². The second-order valence-electron chi connectivity index (χ2n) is 5.35. The van der Waals surface area contributed by atoms with Crippen molar-refractivity contribution < 1.29 is 14.5 Å². The molecule has 0 unspecified atom stereocenters. The Kier molecular flexibility index (Phi) is 4.42. The summed E-state index contributed by atoms with van der Waals surface area (Å²) in [7, 11) is 0. The molecule has 0 aliphatic carbocycles. The molecule has 1 fully saturated rings. The minimum atomic E-state index is -0.454. The van der Waals surface area contributed by atoms with Crippen molar-refractivity contribution in [3.8, 4) is 0 Å². The number of hydrogen-bond acceptors (Lipinski definition) is 4. The molecule has 1 heterocycles. The molecule has 1 aliphatic rings. The molecule has 1 aliphatic heterocycles. The fraction of sp³-hybridized carbons (Fsp3) is 0.500. The molecule has 7 heteroatoms. The van der Waals surface area contributed by atoms with Gasteiger partial charge in [0.25, 0.3) is 5.69 Å². The number of rotatable bonds is 2. The molecule has 1 aromatic carbocycles. The molecule has 0 bridgehead atoms. The van der Waals surface area contributed by atoms with Gasteiger partial charge in [0.15, 0.2) is 0 Å². The van der Waals surface area contributed by atoms with Crippen molar-refractivity contribution in [3.63, 3.8) is 0 Å². The maximum absolute atomic E-state index is 12.2. The predicted molar refractivity (Wildman–Crippen MR) is 78.4 cm³/mol. The number of benzene rings is 1. The normalized spacial score (nSPS) is 22.0. The van der Waals surface area contributed by atoms with Crippen molar-refractivity contribution in [2.75, 3.05) is 18.4 Å². The first-order chi connectivity index (χ1) is 9.86. The zero-order valence-electron chi connectivity index (χ0n) is 12.3. The number of amides is 2. The van der Waals surface area contributed by atoms with Gasteiger partial charge in [-0.3, -0.25) is 10.1 Å². The number of nitro benzene ring substituents is 1. The van der Waals surface area contributed by atoms with E-state index in [1.165, 1.54) is 6.07 Å². The number of carbonyl (C=O) groups excluding carboxylic acids is 1. The third kappa shape index (κ3) is 3.69. The second kappa shape index (κ2) is 6.09. The van der Waals surface area contributed by atoms with Crippen LogP contribution >= 0.6 is 0 Å². The lowest BCUT2D eigenvalue weighted by molar-refractivity contribution is -0.385. The summed E-state index contributed by atoms with van der Waals surface area (Å²) in [6.45, 7) is 6.49. The Labute approximate surface area is 123 Å². The Morgan fingerprint density at radius 1 is 1.38 bits per heavy atom. The van der Waals surface area contributed by atoms with E-state index in [4.69, 9.17) is 4.74 Å². The van der Waals surface area contributed by atoms with Crippen LogP contribution in [0.5, 0.6) is 0 Å². The van der Waals surface area contributed by atoms with Crippen LogP contribution in [0.3, 0.4) is 0 Å². The van der Waals surface area contributed by atoms with E-state index in [2.05, 4.69) is 5.32 Å². The van der Waals surface area contributed by atoms with Crippen LogP contribution in [0, 0.1) is 17.0 Å². The SMILES string of the molecule is Cc1ccc(NC(=O)N2C[C@@H](C)O[C@H](C)C2)cc1[N+](=O)[O-]. The lowest BCUT2D eigenvalue weighted by Crippen LogP contribution is -2.49. The number of ether oxygens (including phenoxy) is 1. The summed E-state index contributed by atoms with van der Waals surface area (Å²) in [5, 5.41) is 13.6. The Balaban J connectivity index is 2.09. The average molecular weight is 293 g/mol. The lowest BCUT2D eigenvalue weighted by Gasteiger charge is -2.35. The number of urea groups is 1. The van der Waals surface area contributed by atoms with E-state index < -0.39 is 4.92 Å². The van der Waals surface area contributed by atoms with Crippen LogP contribution in [0.2, 0.25) is 0 Å². The van der Waals surface area contributed by atoms with E-state index in [1.807, 2.05) is 13.8 Å². The van der Waals surface area contributed by atoms with Gasteiger partial charge in [-0.15, -0.1) is 0 Å². The highest BCUT2D eigenvalue weighted by atomic mass is 16.6. The highest BCUT2D eigenvalue weighted by molar-refractivity contribution is 5.89. The zero-order valence-corrected chi connectivity index (χ0v) is 12.3. The Morgan fingerprint density at radius 2 is 2.00 bits per heavy atom. The standard InChI is InChI=1S/C14H19N3O4/c1-9-4-5-12(6-13(9)17(19)20)15-14(18)16-7-10(2)21-11(3)8-16/h4-6,10-11H,7-8H2,1-3H3,(H,15,18)/t10-,11-/m1/s1. The maximum Gasteiger partial charge on any atom is 0.322 e. The number of morpholine rings is 1. The van der Waals surface area contributed by atoms with Crippen molar-refractivity contribution in [3.05, 3.63) is 33.9 Å². The summed E-state index contributed by atoms with van der Waals surface area (Å²) in [5.41, 5.74) is 0.979. The zero-order chi connectivity index (χ0) is 15.6. The molecule has 1 N–H and O–H groups in total. The Morgan fingerprint density at radius 3 is 2.57 bits per heavy atom. The fourth-order valence-electron chi connectivity index (χ4n) is 2.43. The number of nitrogens with zero attached hydrogens (tertiary/aromatic N) is 2. The minimum absolute atomic E-state index is 0.00323. The molecule has 0 radical (unpaired) electrons. The van der Waals surface area contributed by atoms with Crippen molar-refractivity contribution in [1.82, 2.24) is 4.90 Å². The van der Waals surface area contributed by atoms with Crippen LogP contribution in [0.1, 0.15) is 19.4 Å². The summed E-state index contributed by atoms with van der Waals surface area (Å²) in [6.07, 6.45) is -0.0429. The number of aryl methyl sites for hydroxylation is 1. The molecule has 2 atom stereocenters. The first-order valence-electron chi connectivity index (χ1n) is 6.83. The second-order valence-corrected chi connectivity index (χ2v) is 5.35. The monoisotopic (exact) mass is 293 g/mol. The summed E-state index contributed by atoms with van der Waals surface area (Å²) in [5.74, 6) is 0. The van der Waals surface area contributed by atoms with Crippen LogP contribution in [0.4, 0.5) is 16.2 Å². The largest absolute Gasteiger partial charge is 0.372 e. The van der Waals surface area contributed by atoms with Crippen molar-refractivity contribution in [2.45, 2.75) is 33.0 Å². The van der Waals surface area contributed by atoms with Crippen molar-refractivity contribution in [1.29, 1.82) is 0 Å². The van der Waals surface area contributed by atoms with E-state index in [0.717, 1.165) is 0 Å². The van der Waals surface area contributed by atoms with Gasteiger partial charge in [0.2, 0.25) is 0 Å². The minimum Gasteiger partial charge on any atom is -0.372 e. The van der Waals surface area contributed by atoms with Crippen LogP contribution in [0.25, 0.3) is 0 Å². The van der Waals surface area contributed by atoms with Gasteiger partial charge in [-0.05, 0) is 26.8 Å². The topological polar surface area (TPSA) is 84.7 Å². The fourth-order valence-corrected chi connectivity index (χ4v) is 2.43. The first kappa shape index (κ1) is 15.2. The number of nitrogens with one attached hydrogen (secondary N) is 1. The quantitative estimate of drug-likeness (QED) is 0.670. The maximum atomic E-state index is 12.2. The molecule has 0 saturated carbocycles. The predicted octanol–water partition coefficient (Wildman–Crippen LogP) is 2.54. The third-order valence-electron chi connectivity index (χ3n) is 3.36. The van der Waals surface area contributed by atoms with Crippen molar-refractivity contribution >= 4 is 17.4 Å². The van der Waals surface area contributed by atoms with E-state index in [1.54, 1.807) is 24.0 Å². The van der Waals surface area contributed by atoms with Gasteiger partial charge in [0.05, 0.1) is 17.1 Å². The molecule has 0 aromatic heterocycles. The third-order valence-corrected chi connectivity index (χ3v) is 3.36. The molecule has 2 rings (SSSR count). The molecule has 1 saturated heterocycles. The number of hydrogen-bond donors (Lipinski definition) is 1. The van der Waals surface area contributed by atoms with Crippen LogP contribution < -0.4 is 5.32 Å². The van der Waals surface area contributed by atoms with Gasteiger partial charge in [-0.1, -0.05) is 6.07 Å². The molecule has 2 amide bonds. The van der Waals surface area contributed by atoms with Gasteiger partial charge in [0.1, 0.15) is 0 Å². The van der Waals surface area contributed by atoms with Gasteiger partial charge in [-0.25, -0.2) is 4.79 Å². The smallest absolute Gasteiger partial charge is 0.322 e. The highest BCUT2D eigenvalue weighted by Crippen LogP contribution is 2.23. The summed E-state index contributed by atoms with van der Waals surface area (Å²) in [4.78, 5) is 24.3. The highest BCUT2D eigenvalue weighted by Gasteiger charge is 2.26. The summed E-state index contributed by atoms with van der Waals surface area (Å²) < 4.78 is 5.57. The Hall–Kier alpha value is -2.15. The van der Waals surface area contributed by atoms with Crippen LogP contribution in [-0.2, 0) is 4.74 Å². The number of carbonyl (C=O) groups is 1. The lowest BCUT2D eigenvalue weighted by atomic mass is 10.2. The van der Waals surface area contributed by atoms with E-state index in [0.29, 0.717) is 24.3 Å². The van der Waals surface area contributed by atoms with Gasteiger partial charge in [-0.2, -0.15) is 0 Å². The van der Waals surface area contributed by atoms with Crippen LogP contribution in [-0.4, -0.2) is 41.2 Å². The summed E-state index contributed by atoms with van der Waals surface area (Å²) in [6, 6.07) is 4.39. The average Bonchev–Trinajstić information content (AvgIpc) is 2.39. The van der Waals surface area contributed by atoms with E-state index in [-0.39, 0.29) is 23.9 Å². The number of nitro groups is 1. The molecule has 0 spiro atoms. The summed E-state index contributed by atoms with van der Waals surface area (Å²) >= 11 is 0. The Bertz CT molecular complexity index is 551. The van der Waals surface area contributed by atoms with Gasteiger partial charge in [0, 0.05) is 30.4 Å². The molecular formula is C14H19N3O4. The van der Waals surface area contributed by atoms with E-state index in [9.17, 15) is 14.9 Å². The van der Waals surface area contributed by atoms with Gasteiger partial charge >= 0.3 is 6.03 Å². The molecule has 7 nitrogen and oxygen atoms in total. The van der Waals surface area contributed by atoms with Crippen molar-refractivity contribution in [2.24, 2.45) is 0 Å². The van der Waals surface area contributed by atoms with Crippen LogP contribution in [0.15, 0.2) is 18.2 Å². The molecule has 114 valence electrons. The van der Waals surface area contributed by atoms with Gasteiger partial charge < -0.3 is 15.0 Å².